The molecule has 1 amide bonds. The number of thioether (sulfide) groups is 1. The van der Waals surface area contributed by atoms with E-state index in [0.717, 1.165) is 17.3 Å². The molecule has 0 unspecified atom stereocenters. The fourth-order valence-electron chi connectivity index (χ4n) is 3.18. The van der Waals surface area contributed by atoms with Gasteiger partial charge in [-0.15, -0.1) is 0 Å². The number of nitrogens with zero attached hydrogens (tertiary/aromatic N) is 4. The maximum absolute atomic E-state index is 14.0. The van der Waals surface area contributed by atoms with Crippen molar-refractivity contribution < 1.29 is 9.18 Å². The molecule has 0 bridgehead atoms. The molecule has 33 heavy (non-hydrogen) atoms. The van der Waals surface area contributed by atoms with E-state index in [-0.39, 0.29) is 29.0 Å². The first-order valence-corrected chi connectivity index (χ1v) is 11.4. The van der Waals surface area contributed by atoms with E-state index < -0.39 is 17.0 Å². The lowest BCUT2D eigenvalue weighted by atomic mass is 10.2. The highest BCUT2D eigenvalue weighted by atomic mass is 35.5. The van der Waals surface area contributed by atoms with Gasteiger partial charge >= 0.3 is 0 Å². The van der Waals surface area contributed by atoms with E-state index >= 15 is 0 Å². The average molecular weight is 484 g/mol. The molecular formula is C23H19ClFN5O2S. The molecule has 0 aliphatic heterocycles. The molecule has 2 aromatic heterocycles. The van der Waals surface area contributed by atoms with Gasteiger partial charge in [0.2, 0.25) is 5.91 Å². The minimum Gasteiger partial charge on any atom is -0.323 e. The molecule has 168 valence electrons. The zero-order valence-corrected chi connectivity index (χ0v) is 19.1. The molecule has 0 fully saturated rings. The van der Waals surface area contributed by atoms with Crippen LogP contribution in [0.4, 0.5) is 10.1 Å². The minimum absolute atomic E-state index is 0.0901. The molecule has 0 saturated carbocycles. The molecule has 2 aromatic carbocycles. The van der Waals surface area contributed by atoms with Crippen LogP contribution < -0.4 is 10.9 Å². The number of anilines is 1. The molecular weight excluding hydrogens is 465 g/mol. The van der Waals surface area contributed by atoms with Gasteiger partial charge in [-0.25, -0.2) is 19.3 Å². The number of hydrogen-bond donors (Lipinski definition) is 1. The third-order valence-electron chi connectivity index (χ3n) is 4.89. The Kier molecular flexibility index (Phi) is 7.00. The number of rotatable bonds is 7. The van der Waals surface area contributed by atoms with Crippen molar-refractivity contribution in [2.75, 3.05) is 5.32 Å². The highest BCUT2D eigenvalue weighted by Gasteiger charge is 2.23. The van der Waals surface area contributed by atoms with Gasteiger partial charge in [-0.1, -0.05) is 60.6 Å². The van der Waals surface area contributed by atoms with Gasteiger partial charge in [0.25, 0.3) is 5.56 Å². The quantitative estimate of drug-likeness (QED) is 0.306. The van der Waals surface area contributed by atoms with Gasteiger partial charge in [0.1, 0.15) is 5.82 Å². The molecule has 10 heteroatoms. The van der Waals surface area contributed by atoms with Crippen LogP contribution in [-0.4, -0.2) is 30.7 Å². The average Bonchev–Trinajstić information content (AvgIpc) is 2.82. The van der Waals surface area contributed by atoms with Gasteiger partial charge in [-0.05, 0) is 30.2 Å². The molecule has 0 aliphatic rings. The Labute approximate surface area is 198 Å². The van der Waals surface area contributed by atoms with Crippen molar-refractivity contribution in [2.45, 2.75) is 30.3 Å². The third kappa shape index (κ3) is 5.04. The number of amides is 1. The van der Waals surface area contributed by atoms with Gasteiger partial charge in [-0.2, -0.15) is 0 Å². The summed E-state index contributed by atoms with van der Waals surface area (Å²) in [5.74, 6) is -0.925. The summed E-state index contributed by atoms with van der Waals surface area (Å²) in [4.78, 5) is 38.9. The standard InChI is InChI=1S/C23H19ClFN5O2S/c1-2-18(21(31)28-17-10-6-5-9-16(17)25)33-23-29-20-19(26-11-12-27-20)22(32)30(23)13-14-7-3-4-8-15(14)24/h3-12,18H,2,13H2,1H3,(H,28,31)/t18-/m0/s1. The highest BCUT2D eigenvalue weighted by molar-refractivity contribution is 8.00. The summed E-state index contributed by atoms with van der Waals surface area (Å²) in [6.45, 7) is 1.97. The SMILES string of the molecule is CC[C@H](Sc1nc2nccnc2c(=O)n1Cc1ccccc1Cl)C(=O)Nc1ccccc1F. The van der Waals surface area contributed by atoms with Gasteiger partial charge in [0.05, 0.1) is 17.5 Å². The van der Waals surface area contributed by atoms with Crippen LogP contribution in [0.2, 0.25) is 5.02 Å². The highest BCUT2D eigenvalue weighted by Crippen LogP contribution is 2.27. The van der Waals surface area contributed by atoms with Gasteiger partial charge in [0, 0.05) is 17.4 Å². The molecule has 4 rings (SSSR count). The molecule has 1 atom stereocenters. The first kappa shape index (κ1) is 22.9. The molecule has 7 nitrogen and oxygen atoms in total. The van der Waals surface area contributed by atoms with Crippen LogP contribution in [0.15, 0.2) is 70.9 Å². The van der Waals surface area contributed by atoms with E-state index in [1.165, 1.54) is 29.1 Å². The van der Waals surface area contributed by atoms with Crippen molar-refractivity contribution in [3.05, 3.63) is 87.7 Å². The summed E-state index contributed by atoms with van der Waals surface area (Å²) < 4.78 is 15.4. The number of fused-ring (bicyclic) bond motifs is 1. The molecule has 0 aliphatic carbocycles. The number of nitrogens with one attached hydrogen (secondary N) is 1. The van der Waals surface area contributed by atoms with Gasteiger partial charge < -0.3 is 5.32 Å². The summed E-state index contributed by atoms with van der Waals surface area (Å²) in [7, 11) is 0. The Balaban J connectivity index is 1.72. The summed E-state index contributed by atoms with van der Waals surface area (Å²) in [5, 5.41) is 2.78. The summed E-state index contributed by atoms with van der Waals surface area (Å²) >= 11 is 7.42. The monoisotopic (exact) mass is 483 g/mol. The lowest BCUT2D eigenvalue weighted by Gasteiger charge is -2.18. The van der Waals surface area contributed by atoms with E-state index in [1.807, 2.05) is 19.1 Å². The smallest absolute Gasteiger partial charge is 0.282 e. The summed E-state index contributed by atoms with van der Waals surface area (Å²) in [6.07, 6.45) is 3.30. The summed E-state index contributed by atoms with van der Waals surface area (Å²) in [6, 6.07) is 13.1. The Morgan fingerprint density at radius 2 is 1.88 bits per heavy atom. The van der Waals surface area contributed by atoms with E-state index in [0.29, 0.717) is 16.6 Å². The second-order valence-corrected chi connectivity index (χ2v) is 8.67. The first-order valence-electron chi connectivity index (χ1n) is 10.1. The zero-order valence-electron chi connectivity index (χ0n) is 17.5. The van der Waals surface area contributed by atoms with Crippen molar-refractivity contribution in [1.29, 1.82) is 0 Å². The third-order valence-corrected chi connectivity index (χ3v) is 6.61. The largest absolute Gasteiger partial charge is 0.323 e. The molecule has 2 heterocycles. The van der Waals surface area contributed by atoms with Crippen molar-refractivity contribution in [3.8, 4) is 0 Å². The molecule has 4 aromatic rings. The van der Waals surface area contributed by atoms with Gasteiger partial charge in [0.15, 0.2) is 16.3 Å². The number of para-hydroxylation sites is 1. The van der Waals surface area contributed by atoms with Crippen LogP contribution >= 0.6 is 23.4 Å². The fraction of sp³-hybridized carbons (Fsp3) is 0.174. The molecule has 0 radical (unpaired) electrons. The van der Waals surface area contributed by atoms with Crippen LogP contribution in [0.25, 0.3) is 11.2 Å². The second kappa shape index (κ2) is 10.1. The topological polar surface area (TPSA) is 89.8 Å². The van der Waals surface area contributed by atoms with Crippen molar-refractivity contribution in [3.63, 3.8) is 0 Å². The Hall–Kier alpha value is -3.30. The van der Waals surface area contributed by atoms with Crippen LogP contribution in [0.5, 0.6) is 0 Å². The second-order valence-electron chi connectivity index (χ2n) is 7.09. The van der Waals surface area contributed by atoms with Gasteiger partial charge in [-0.3, -0.25) is 14.2 Å². The maximum atomic E-state index is 14.0. The van der Waals surface area contributed by atoms with Crippen LogP contribution in [0.3, 0.4) is 0 Å². The number of carbonyl (C=O) groups excluding carboxylic acids is 1. The Morgan fingerprint density at radius 3 is 2.64 bits per heavy atom. The summed E-state index contributed by atoms with van der Waals surface area (Å²) in [5.41, 5.74) is 0.728. The number of carbonyl (C=O) groups is 1. The minimum atomic E-state index is -0.636. The fourth-order valence-corrected chi connectivity index (χ4v) is 4.38. The van der Waals surface area contributed by atoms with Crippen molar-refractivity contribution in [1.82, 2.24) is 19.5 Å². The van der Waals surface area contributed by atoms with Crippen molar-refractivity contribution >= 4 is 46.1 Å². The number of halogens is 2. The van der Waals surface area contributed by atoms with E-state index in [4.69, 9.17) is 11.6 Å². The first-order chi connectivity index (χ1) is 16.0. The Morgan fingerprint density at radius 1 is 1.15 bits per heavy atom. The predicted octanol–water partition coefficient (Wildman–Crippen LogP) is 4.54. The van der Waals surface area contributed by atoms with Crippen LogP contribution in [0.1, 0.15) is 18.9 Å². The lowest BCUT2D eigenvalue weighted by molar-refractivity contribution is -0.115. The Bertz CT molecular complexity index is 1380. The molecule has 0 spiro atoms. The molecule has 0 saturated heterocycles. The van der Waals surface area contributed by atoms with E-state index in [1.54, 1.807) is 24.3 Å². The number of hydrogen-bond acceptors (Lipinski definition) is 6. The van der Waals surface area contributed by atoms with E-state index in [9.17, 15) is 14.0 Å². The predicted molar refractivity (Wildman–Crippen MR) is 127 cm³/mol. The number of benzene rings is 2. The normalized spacial score (nSPS) is 12.0. The van der Waals surface area contributed by atoms with Crippen LogP contribution in [-0.2, 0) is 11.3 Å². The maximum Gasteiger partial charge on any atom is 0.282 e. The number of aromatic nitrogens is 4. The van der Waals surface area contributed by atoms with E-state index in [2.05, 4.69) is 20.3 Å². The lowest BCUT2D eigenvalue weighted by Crippen LogP contribution is -2.29. The zero-order chi connectivity index (χ0) is 23.4. The molecule has 1 N–H and O–H groups in total. The van der Waals surface area contributed by atoms with Crippen molar-refractivity contribution in [2.24, 2.45) is 0 Å². The van der Waals surface area contributed by atoms with Crippen LogP contribution in [0, 0.1) is 5.82 Å².